The largest absolute Gasteiger partial charge is 0.324 e. The molecule has 0 saturated carbocycles. The van der Waals surface area contributed by atoms with E-state index >= 15 is 0 Å². The molecule has 0 bridgehead atoms. The minimum atomic E-state index is -3.33. The van der Waals surface area contributed by atoms with E-state index in [2.05, 4.69) is 10.0 Å². The van der Waals surface area contributed by atoms with E-state index in [-0.39, 0.29) is 11.7 Å². The minimum Gasteiger partial charge on any atom is -0.324 e. The maximum Gasteiger partial charge on any atom is 0.245 e. The molecular weight excluding hydrogens is 338 g/mol. The Hall–Kier alpha value is -2.38. The van der Waals surface area contributed by atoms with Crippen molar-refractivity contribution >= 4 is 27.3 Å². The summed E-state index contributed by atoms with van der Waals surface area (Å²) in [4.78, 5) is 12.2. The van der Waals surface area contributed by atoms with Gasteiger partial charge in [-0.15, -0.1) is 0 Å². The van der Waals surface area contributed by atoms with Gasteiger partial charge in [0.1, 0.15) is 6.04 Å². The zero-order valence-corrected chi connectivity index (χ0v) is 15.1. The first kappa shape index (κ1) is 19.0. The van der Waals surface area contributed by atoms with E-state index in [0.29, 0.717) is 17.8 Å². The fourth-order valence-corrected chi connectivity index (χ4v) is 3.40. The van der Waals surface area contributed by atoms with Crippen molar-refractivity contribution in [3.05, 3.63) is 59.7 Å². The van der Waals surface area contributed by atoms with Gasteiger partial charge < -0.3 is 11.1 Å². The van der Waals surface area contributed by atoms with Crippen LogP contribution in [0.1, 0.15) is 30.5 Å². The molecule has 0 radical (unpaired) electrons. The monoisotopic (exact) mass is 361 g/mol. The molecule has 134 valence electrons. The molecule has 2 aromatic rings. The van der Waals surface area contributed by atoms with Crippen LogP contribution in [0.5, 0.6) is 0 Å². The van der Waals surface area contributed by atoms with Crippen LogP contribution in [-0.4, -0.2) is 20.1 Å². The van der Waals surface area contributed by atoms with Crippen molar-refractivity contribution in [3.8, 4) is 0 Å². The lowest BCUT2D eigenvalue weighted by molar-refractivity contribution is -0.117. The summed E-state index contributed by atoms with van der Waals surface area (Å²) in [6.07, 6.45) is 0.542. The fourth-order valence-electron chi connectivity index (χ4n) is 2.27. The highest BCUT2D eigenvalue weighted by atomic mass is 32.2. The maximum atomic E-state index is 12.2. The molecular formula is C18H23N3O3S. The van der Waals surface area contributed by atoms with E-state index in [9.17, 15) is 13.2 Å². The molecule has 1 atom stereocenters. The number of aryl methyl sites for hydroxylation is 1. The number of hydrogen-bond donors (Lipinski definition) is 3. The molecule has 7 heteroatoms. The Morgan fingerprint density at radius 3 is 2.16 bits per heavy atom. The second-order valence-electron chi connectivity index (χ2n) is 5.88. The van der Waals surface area contributed by atoms with Gasteiger partial charge in [0.15, 0.2) is 0 Å². The third-order valence-corrected chi connectivity index (χ3v) is 5.11. The topological polar surface area (TPSA) is 101 Å². The van der Waals surface area contributed by atoms with Gasteiger partial charge in [0.25, 0.3) is 0 Å². The van der Waals surface area contributed by atoms with Crippen LogP contribution in [0.2, 0.25) is 0 Å². The average molecular weight is 361 g/mol. The first-order valence-electron chi connectivity index (χ1n) is 8.04. The van der Waals surface area contributed by atoms with Gasteiger partial charge >= 0.3 is 0 Å². The third kappa shape index (κ3) is 5.58. The molecule has 2 aromatic carbocycles. The van der Waals surface area contributed by atoms with Crippen LogP contribution in [-0.2, 0) is 14.8 Å². The van der Waals surface area contributed by atoms with Crippen molar-refractivity contribution in [1.82, 2.24) is 0 Å². The highest BCUT2D eigenvalue weighted by molar-refractivity contribution is 7.92. The molecule has 25 heavy (non-hydrogen) atoms. The molecule has 0 spiro atoms. The SMILES string of the molecule is CCCS(=O)(=O)Nc1ccc(NC(=O)C(N)c2ccc(C)cc2)cc1. The Balaban J connectivity index is 2.00. The molecule has 4 N–H and O–H groups in total. The minimum absolute atomic E-state index is 0.0664. The van der Waals surface area contributed by atoms with E-state index in [1.165, 1.54) is 0 Å². The van der Waals surface area contributed by atoms with Gasteiger partial charge in [-0.25, -0.2) is 8.42 Å². The number of anilines is 2. The normalized spacial score (nSPS) is 12.4. The Kier molecular flexibility index (Phi) is 6.17. The van der Waals surface area contributed by atoms with E-state index in [1.807, 2.05) is 31.2 Å². The summed E-state index contributed by atoms with van der Waals surface area (Å²) in [5, 5.41) is 2.73. The zero-order valence-electron chi connectivity index (χ0n) is 14.3. The van der Waals surface area contributed by atoms with Gasteiger partial charge in [-0.05, 0) is 43.2 Å². The Morgan fingerprint density at radius 1 is 1.04 bits per heavy atom. The van der Waals surface area contributed by atoms with E-state index < -0.39 is 16.1 Å². The Bertz CT molecular complexity index is 816. The molecule has 0 fully saturated rings. The third-order valence-electron chi connectivity index (χ3n) is 3.62. The summed E-state index contributed by atoms with van der Waals surface area (Å²) in [6, 6.07) is 13.1. The van der Waals surface area contributed by atoms with Crippen LogP contribution in [0.25, 0.3) is 0 Å². The van der Waals surface area contributed by atoms with Crippen molar-refractivity contribution < 1.29 is 13.2 Å². The van der Waals surface area contributed by atoms with Crippen molar-refractivity contribution in [2.24, 2.45) is 5.73 Å². The lowest BCUT2D eigenvalue weighted by Crippen LogP contribution is -2.27. The van der Waals surface area contributed by atoms with Gasteiger partial charge in [-0.3, -0.25) is 9.52 Å². The number of sulfonamides is 1. The van der Waals surface area contributed by atoms with Crippen LogP contribution >= 0.6 is 0 Å². The number of carbonyl (C=O) groups is 1. The zero-order chi connectivity index (χ0) is 18.4. The summed E-state index contributed by atoms with van der Waals surface area (Å²) >= 11 is 0. The number of benzene rings is 2. The van der Waals surface area contributed by atoms with Crippen molar-refractivity contribution in [1.29, 1.82) is 0 Å². The molecule has 0 aromatic heterocycles. The summed E-state index contributed by atoms with van der Waals surface area (Å²) < 4.78 is 26.0. The summed E-state index contributed by atoms with van der Waals surface area (Å²) in [7, 11) is -3.33. The Labute approximate surface area is 148 Å². The lowest BCUT2D eigenvalue weighted by Gasteiger charge is -2.13. The van der Waals surface area contributed by atoms with Gasteiger partial charge in [0.2, 0.25) is 15.9 Å². The predicted molar refractivity (Wildman–Crippen MR) is 101 cm³/mol. The molecule has 0 heterocycles. The summed E-state index contributed by atoms with van der Waals surface area (Å²) in [6.45, 7) is 3.76. The highest BCUT2D eigenvalue weighted by Crippen LogP contribution is 2.18. The maximum absolute atomic E-state index is 12.2. The van der Waals surface area contributed by atoms with Gasteiger partial charge in [-0.1, -0.05) is 36.8 Å². The number of rotatable bonds is 7. The van der Waals surface area contributed by atoms with Crippen molar-refractivity contribution in [2.45, 2.75) is 26.3 Å². The molecule has 0 aliphatic carbocycles. The molecule has 0 saturated heterocycles. The molecule has 1 unspecified atom stereocenters. The second-order valence-corrected chi connectivity index (χ2v) is 7.72. The molecule has 0 aliphatic heterocycles. The fraction of sp³-hybridized carbons (Fsp3) is 0.278. The van der Waals surface area contributed by atoms with Crippen LogP contribution < -0.4 is 15.8 Å². The predicted octanol–water partition coefficient (Wildman–Crippen LogP) is 2.79. The van der Waals surface area contributed by atoms with Gasteiger partial charge in [-0.2, -0.15) is 0 Å². The summed E-state index contributed by atoms with van der Waals surface area (Å²) in [5.41, 5.74) is 8.80. The Morgan fingerprint density at radius 2 is 1.60 bits per heavy atom. The smallest absolute Gasteiger partial charge is 0.245 e. The van der Waals surface area contributed by atoms with Gasteiger partial charge in [0.05, 0.1) is 5.75 Å². The van der Waals surface area contributed by atoms with Crippen molar-refractivity contribution in [2.75, 3.05) is 15.8 Å². The van der Waals surface area contributed by atoms with Gasteiger partial charge in [0, 0.05) is 11.4 Å². The number of amides is 1. The lowest BCUT2D eigenvalue weighted by atomic mass is 10.1. The van der Waals surface area contributed by atoms with Crippen LogP contribution in [0, 0.1) is 6.92 Å². The molecule has 1 amide bonds. The summed E-state index contributed by atoms with van der Waals surface area (Å²) in [5.74, 6) is -0.264. The van der Waals surface area contributed by atoms with E-state index in [1.54, 1.807) is 31.2 Å². The second kappa shape index (κ2) is 8.13. The number of nitrogens with one attached hydrogen (secondary N) is 2. The number of nitrogens with two attached hydrogens (primary N) is 1. The average Bonchev–Trinajstić information content (AvgIpc) is 2.56. The molecule has 6 nitrogen and oxygen atoms in total. The first-order valence-corrected chi connectivity index (χ1v) is 9.69. The van der Waals surface area contributed by atoms with Crippen molar-refractivity contribution in [3.63, 3.8) is 0 Å². The standard InChI is InChI=1S/C18H23N3O3S/c1-3-12-25(23,24)21-16-10-8-15(9-11-16)20-18(22)17(19)14-6-4-13(2)5-7-14/h4-11,17,21H,3,12,19H2,1-2H3,(H,20,22). The highest BCUT2D eigenvalue weighted by Gasteiger charge is 2.16. The molecule has 0 aliphatic rings. The quantitative estimate of drug-likeness (QED) is 0.706. The van der Waals surface area contributed by atoms with Crippen LogP contribution in [0.3, 0.4) is 0 Å². The number of carbonyl (C=O) groups excluding carboxylic acids is 1. The number of hydrogen-bond acceptors (Lipinski definition) is 4. The molecule has 2 rings (SSSR count). The first-order chi connectivity index (χ1) is 11.8. The van der Waals surface area contributed by atoms with Crippen LogP contribution in [0.4, 0.5) is 11.4 Å². The van der Waals surface area contributed by atoms with E-state index in [0.717, 1.165) is 11.1 Å². The van der Waals surface area contributed by atoms with E-state index in [4.69, 9.17) is 5.73 Å². The van der Waals surface area contributed by atoms with Crippen LogP contribution in [0.15, 0.2) is 48.5 Å².